The SMILES string of the molecule is CO.O=CC1CC2NCCCC2N1. The van der Waals surface area contributed by atoms with Crippen LogP contribution in [0.1, 0.15) is 19.3 Å². The van der Waals surface area contributed by atoms with Gasteiger partial charge in [-0.2, -0.15) is 0 Å². The molecule has 4 nitrogen and oxygen atoms in total. The highest BCUT2D eigenvalue weighted by atomic mass is 16.2. The van der Waals surface area contributed by atoms with Crippen LogP contribution in [0.5, 0.6) is 0 Å². The van der Waals surface area contributed by atoms with Crippen molar-refractivity contribution in [2.24, 2.45) is 0 Å². The third-order valence-electron chi connectivity index (χ3n) is 2.68. The summed E-state index contributed by atoms with van der Waals surface area (Å²) in [5.41, 5.74) is 0. The fourth-order valence-electron chi connectivity index (χ4n) is 2.11. The number of hydrogen-bond donors (Lipinski definition) is 3. The van der Waals surface area contributed by atoms with Crippen molar-refractivity contribution in [3.8, 4) is 0 Å². The Hall–Kier alpha value is -0.450. The molecule has 2 heterocycles. The summed E-state index contributed by atoms with van der Waals surface area (Å²) in [5.74, 6) is 0. The van der Waals surface area contributed by atoms with E-state index in [9.17, 15) is 4.79 Å². The van der Waals surface area contributed by atoms with Crippen LogP contribution < -0.4 is 10.6 Å². The van der Waals surface area contributed by atoms with Crippen LogP contribution in [0.25, 0.3) is 0 Å². The summed E-state index contributed by atoms with van der Waals surface area (Å²) in [4.78, 5) is 10.5. The quantitative estimate of drug-likeness (QED) is 0.473. The molecule has 2 rings (SSSR count). The van der Waals surface area contributed by atoms with Crippen molar-refractivity contribution in [2.45, 2.75) is 37.4 Å². The first-order valence-corrected chi connectivity index (χ1v) is 4.79. The van der Waals surface area contributed by atoms with Crippen molar-refractivity contribution in [1.29, 1.82) is 0 Å². The zero-order valence-corrected chi connectivity index (χ0v) is 7.99. The van der Waals surface area contributed by atoms with Gasteiger partial charge in [-0.15, -0.1) is 0 Å². The van der Waals surface area contributed by atoms with Crippen molar-refractivity contribution in [2.75, 3.05) is 13.7 Å². The number of aliphatic hydroxyl groups is 1. The molecule has 2 aliphatic heterocycles. The highest BCUT2D eigenvalue weighted by molar-refractivity contribution is 5.58. The Labute approximate surface area is 78.7 Å². The number of aliphatic hydroxyl groups excluding tert-OH is 1. The minimum Gasteiger partial charge on any atom is -0.400 e. The molecule has 0 saturated carbocycles. The topological polar surface area (TPSA) is 61.4 Å². The van der Waals surface area contributed by atoms with Gasteiger partial charge in [0.1, 0.15) is 6.29 Å². The Bertz CT molecular complexity index is 150. The molecule has 0 aliphatic carbocycles. The average Bonchev–Trinajstić information content (AvgIpc) is 2.63. The van der Waals surface area contributed by atoms with Crippen LogP contribution in [0.15, 0.2) is 0 Å². The number of fused-ring (bicyclic) bond motifs is 1. The highest BCUT2D eigenvalue weighted by Crippen LogP contribution is 2.19. The van der Waals surface area contributed by atoms with Crippen molar-refractivity contribution in [3.05, 3.63) is 0 Å². The van der Waals surface area contributed by atoms with Gasteiger partial charge in [0, 0.05) is 19.2 Å². The maximum absolute atomic E-state index is 10.5. The van der Waals surface area contributed by atoms with Crippen LogP contribution in [-0.2, 0) is 4.79 Å². The molecule has 76 valence electrons. The molecule has 3 unspecified atom stereocenters. The van der Waals surface area contributed by atoms with E-state index in [0.717, 1.165) is 26.4 Å². The van der Waals surface area contributed by atoms with Gasteiger partial charge < -0.3 is 20.5 Å². The molecular formula is C9H18N2O2. The molecule has 3 N–H and O–H groups in total. The predicted molar refractivity (Wildman–Crippen MR) is 50.6 cm³/mol. The van der Waals surface area contributed by atoms with Gasteiger partial charge in [-0.25, -0.2) is 0 Å². The van der Waals surface area contributed by atoms with E-state index in [0.29, 0.717) is 12.1 Å². The Morgan fingerprint density at radius 3 is 2.77 bits per heavy atom. The number of aldehydes is 1. The maximum Gasteiger partial charge on any atom is 0.136 e. The smallest absolute Gasteiger partial charge is 0.136 e. The lowest BCUT2D eigenvalue weighted by Gasteiger charge is -2.25. The fourth-order valence-corrected chi connectivity index (χ4v) is 2.11. The lowest BCUT2D eigenvalue weighted by atomic mass is 10.00. The molecule has 0 aromatic heterocycles. The number of carbonyl (C=O) groups is 1. The first-order chi connectivity index (χ1) is 6.40. The fraction of sp³-hybridized carbons (Fsp3) is 0.889. The van der Waals surface area contributed by atoms with E-state index in [2.05, 4.69) is 10.6 Å². The van der Waals surface area contributed by atoms with Gasteiger partial charge in [-0.05, 0) is 25.8 Å². The second-order valence-corrected chi connectivity index (χ2v) is 3.45. The molecule has 0 aromatic carbocycles. The third-order valence-corrected chi connectivity index (χ3v) is 2.68. The van der Waals surface area contributed by atoms with Gasteiger partial charge in [0.25, 0.3) is 0 Å². The summed E-state index contributed by atoms with van der Waals surface area (Å²) in [6, 6.07) is 1.22. The second kappa shape index (κ2) is 5.32. The summed E-state index contributed by atoms with van der Waals surface area (Å²) < 4.78 is 0. The normalized spacial score (nSPS) is 37.2. The van der Waals surface area contributed by atoms with Crippen LogP contribution in [0.2, 0.25) is 0 Å². The molecule has 2 fully saturated rings. The number of hydrogen-bond acceptors (Lipinski definition) is 4. The summed E-state index contributed by atoms with van der Waals surface area (Å²) in [5, 5.41) is 13.7. The summed E-state index contributed by atoms with van der Waals surface area (Å²) >= 11 is 0. The van der Waals surface area contributed by atoms with E-state index < -0.39 is 0 Å². The average molecular weight is 186 g/mol. The van der Waals surface area contributed by atoms with Crippen LogP contribution in [0, 0.1) is 0 Å². The molecule has 4 heteroatoms. The largest absolute Gasteiger partial charge is 0.400 e. The van der Waals surface area contributed by atoms with E-state index in [1.165, 1.54) is 12.8 Å². The van der Waals surface area contributed by atoms with E-state index >= 15 is 0 Å². The van der Waals surface area contributed by atoms with Crippen LogP contribution in [0.3, 0.4) is 0 Å². The Balaban J connectivity index is 0.000000396. The van der Waals surface area contributed by atoms with Crippen molar-refractivity contribution in [1.82, 2.24) is 10.6 Å². The predicted octanol–water partition coefficient (Wildman–Crippen LogP) is -0.724. The van der Waals surface area contributed by atoms with Crippen molar-refractivity contribution in [3.63, 3.8) is 0 Å². The molecule has 0 radical (unpaired) electrons. The highest BCUT2D eigenvalue weighted by Gasteiger charge is 2.34. The Kier molecular flexibility index (Phi) is 4.35. The standard InChI is InChI=1S/C8H14N2O.CH4O/c11-5-6-4-8-7(10-6)2-1-3-9-8;1-2/h5-10H,1-4H2;2H,1H3. The molecule has 0 aromatic rings. The van der Waals surface area contributed by atoms with E-state index in [1.807, 2.05) is 0 Å². The van der Waals surface area contributed by atoms with Crippen molar-refractivity contribution >= 4 is 6.29 Å². The molecule has 2 saturated heterocycles. The molecule has 13 heavy (non-hydrogen) atoms. The van der Waals surface area contributed by atoms with Gasteiger partial charge in [0.05, 0.1) is 6.04 Å². The lowest BCUT2D eigenvalue weighted by Crippen LogP contribution is -2.45. The zero-order valence-electron chi connectivity index (χ0n) is 7.99. The Morgan fingerprint density at radius 1 is 1.38 bits per heavy atom. The van der Waals surface area contributed by atoms with Crippen LogP contribution in [0.4, 0.5) is 0 Å². The van der Waals surface area contributed by atoms with E-state index in [1.54, 1.807) is 0 Å². The first-order valence-electron chi connectivity index (χ1n) is 4.79. The summed E-state index contributed by atoms with van der Waals surface area (Å²) in [6.45, 7) is 1.12. The first kappa shape index (κ1) is 10.6. The van der Waals surface area contributed by atoms with Gasteiger partial charge in [-0.1, -0.05) is 0 Å². The number of nitrogens with one attached hydrogen (secondary N) is 2. The molecule has 0 spiro atoms. The second-order valence-electron chi connectivity index (χ2n) is 3.45. The molecule has 3 atom stereocenters. The summed E-state index contributed by atoms with van der Waals surface area (Å²) in [7, 11) is 1.00. The maximum atomic E-state index is 10.5. The van der Waals surface area contributed by atoms with E-state index in [-0.39, 0.29) is 6.04 Å². The number of rotatable bonds is 1. The minimum atomic E-state index is 0.107. The van der Waals surface area contributed by atoms with Gasteiger partial charge in [-0.3, -0.25) is 0 Å². The van der Waals surface area contributed by atoms with Crippen LogP contribution in [-0.4, -0.2) is 43.2 Å². The number of carbonyl (C=O) groups excluding carboxylic acids is 1. The third kappa shape index (κ3) is 2.49. The molecule has 0 amide bonds. The van der Waals surface area contributed by atoms with Crippen LogP contribution >= 0.6 is 0 Å². The Morgan fingerprint density at radius 2 is 2.15 bits per heavy atom. The molecular weight excluding hydrogens is 168 g/mol. The van der Waals surface area contributed by atoms with Gasteiger partial charge in [0.15, 0.2) is 0 Å². The minimum absolute atomic E-state index is 0.107. The summed E-state index contributed by atoms with van der Waals surface area (Å²) in [6.07, 6.45) is 4.47. The molecule has 2 aliphatic rings. The zero-order chi connectivity index (χ0) is 9.68. The van der Waals surface area contributed by atoms with Gasteiger partial charge in [0.2, 0.25) is 0 Å². The molecule has 0 bridgehead atoms. The van der Waals surface area contributed by atoms with Crippen molar-refractivity contribution < 1.29 is 9.90 Å². The van der Waals surface area contributed by atoms with E-state index in [4.69, 9.17) is 5.11 Å². The van der Waals surface area contributed by atoms with Gasteiger partial charge >= 0.3 is 0 Å². The monoisotopic (exact) mass is 186 g/mol. The lowest BCUT2D eigenvalue weighted by molar-refractivity contribution is -0.109. The number of piperidine rings is 1.